The second kappa shape index (κ2) is 9.23. The largest absolute Gasteiger partial charge is 0.378 e. The average molecular weight is 465 g/mol. The zero-order chi connectivity index (χ0) is 23.9. The molecule has 2 heterocycles. The van der Waals surface area contributed by atoms with Crippen molar-refractivity contribution in [2.75, 3.05) is 6.61 Å². The molecule has 0 N–H and O–H groups in total. The fourth-order valence-corrected chi connectivity index (χ4v) is 5.97. The van der Waals surface area contributed by atoms with E-state index in [1.54, 1.807) is 0 Å². The fraction of sp³-hybridized carbons (Fsp3) is 0.655. The van der Waals surface area contributed by atoms with Crippen LogP contribution >= 0.6 is 0 Å². The van der Waals surface area contributed by atoms with Gasteiger partial charge in [0.1, 0.15) is 5.69 Å². The Morgan fingerprint density at radius 2 is 1.85 bits per heavy atom. The summed E-state index contributed by atoms with van der Waals surface area (Å²) < 4.78 is 14.9. The zero-order valence-electron chi connectivity index (χ0n) is 21.3. The molecule has 3 aliphatic rings. The third-order valence-corrected chi connectivity index (χ3v) is 7.92. The van der Waals surface area contributed by atoms with Crippen LogP contribution in [0.5, 0.6) is 0 Å². The Kier molecular flexibility index (Phi) is 6.45. The molecule has 1 saturated heterocycles. The van der Waals surface area contributed by atoms with Gasteiger partial charge < -0.3 is 9.47 Å². The highest BCUT2D eigenvalue weighted by Gasteiger charge is 2.46. The number of hydrogen-bond acceptors (Lipinski definition) is 4. The van der Waals surface area contributed by atoms with Crippen LogP contribution in [0.4, 0.5) is 0 Å². The van der Waals surface area contributed by atoms with E-state index in [2.05, 4.69) is 64.1 Å². The molecule has 0 radical (unpaired) electrons. The Bertz CT molecular complexity index is 994. The molecule has 5 heteroatoms. The molecule has 0 bridgehead atoms. The number of benzene rings is 1. The SMILES string of the molecule is CCOC1CC(c2ccccc2)OC2(CCC(C(=O)c3cc(C4CC4)nn3C(C)(C)C)CC2)C1. The van der Waals surface area contributed by atoms with Gasteiger partial charge in [0.05, 0.1) is 29.0 Å². The van der Waals surface area contributed by atoms with E-state index < -0.39 is 0 Å². The monoisotopic (exact) mass is 464 g/mol. The summed E-state index contributed by atoms with van der Waals surface area (Å²) in [7, 11) is 0. The average Bonchev–Trinajstić information content (AvgIpc) is 3.56. The summed E-state index contributed by atoms with van der Waals surface area (Å²) >= 11 is 0. The lowest BCUT2D eigenvalue weighted by atomic mass is 9.72. The van der Waals surface area contributed by atoms with Crippen LogP contribution in [0.2, 0.25) is 0 Å². The van der Waals surface area contributed by atoms with Crippen molar-refractivity contribution in [3.63, 3.8) is 0 Å². The lowest BCUT2D eigenvalue weighted by molar-refractivity contribution is -0.189. The van der Waals surface area contributed by atoms with E-state index in [1.165, 1.54) is 18.4 Å². The van der Waals surface area contributed by atoms with Crippen LogP contribution in [0, 0.1) is 5.92 Å². The Morgan fingerprint density at radius 1 is 1.15 bits per heavy atom. The van der Waals surface area contributed by atoms with Gasteiger partial charge in [-0.15, -0.1) is 0 Å². The molecular weight excluding hydrogens is 424 g/mol. The molecule has 2 aliphatic carbocycles. The first-order chi connectivity index (χ1) is 16.3. The molecule has 2 atom stereocenters. The molecular formula is C29H40N2O3. The van der Waals surface area contributed by atoms with Crippen molar-refractivity contribution in [2.24, 2.45) is 5.92 Å². The number of aromatic nitrogens is 2. The van der Waals surface area contributed by atoms with Gasteiger partial charge in [0.15, 0.2) is 5.78 Å². The summed E-state index contributed by atoms with van der Waals surface area (Å²) in [5, 5.41) is 4.87. The van der Waals surface area contributed by atoms with Gasteiger partial charge in [-0.2, -0.15) is 5.10 Å². The minimum absolute atomic E-state index is 0.0433. The maximum absolute atomic E-state index is 13.7. The zero-order valence-corrected chi connectivity index (χ0v) is 21.3. The van der Waals surface area contributed by atoms with Gasteiger partial charge >= 0.3 is 0 Å². The summed E-state index contributed by atoms with van der Waals surface area (Å²) in [5.74, 6) is 0.855. The molecule has 5 nitrogen and oxygen atoms in total. The highest BCUT2D eigenvalue weighted by atomic mass is 16.5. The van der Waals surface area contributed by atoms with Crippen LogP contribution in [-0.2, 0) is 15.0 Å². The maximum atomic E-state index is 13.7. The van der Waals surface area contributed by atoms with Crippen molar-refractivity contribution < 1.29 is 14.3 Å². The van der Waals surface area contributed by atoms with Crippen molar-refractivity contribution in [1.29, 1.82) is 0 Å². The molecule has 1 aromatic heterocycles. The van der Waals surface area contributed by atoms with Gasteiger partial charge in [-0.3, -0.25) is 9.48 Å². The highest BCUT2D eigenvalue weighted by Crippen LogP contribution is 2.48. The first-order valence-electron chi connectivity index (χ1n) is 13.3. The van der Waals surface area contributed by atoms with Crippen LogP contribution in [0.3, 0.4) is 0 Å². The maximum Gasteiger partial charge on any atom is 0.183 e. The minimum Gasteiger partial charge on any atom is -0.378 e. The molecule has 5 rings (SSSR count). The number of hydrogen-bond donors (Lipinski definition) is 0. The third-order valence-electron chi connectivity index (χ3n) is 7.92. The first-order valence-corrected chi connectivity index (χ1v) is 13.3. The number of nitrogens with zero attached hydrogens (tertiary/aromatic N) is 2. The van der Waals surface area contributed by atoms with E-state index in [9.17, 15) is 4.79 Å². The van der Waals surface area contributed by atoms with Crippen LogP contribution in [0.1, 0.15) is 113 Å². The summed E-state index contributed by atoms with van der Waals surface area (Å²) in [6.45, 7) is 9.21. The molecule has 2 saturated carbocycles. The summed E-state index contributed by atoms with van der Waals surface area (Å²) in [5.41, 5.74) is 2.74. The van der Waals surface area contributed by atoms with Crippen LogP contribution in [-0.4, -0.2) is 33.9 Å². The normalized spacial score (nSPS) is 29.9. The van der Waals surface area contributed by atoms with Gasteiger partial charge in [0.25, 0.3) is 0 Å². The van der Waals surface area contributed by atoms with Crippen molar-refractivity contribution in [1.82, 2.24) is 9.78 Å². The van der Waals surface area contributed by atoms with Crippen LogP contribution in [0.25, 0.3) is 0 Å². The number of rotatable bonds is 6. The van der Waals surface area contributed by atoms with Crippen molar-refractivity contribution in [3.05, 3.63) is 53.3 Å². The van der Waals surface area contributed by atoms with E-state index in [0.717, 1.165) is 56.5 Å². The molecule has 34 heavy (non-hydrogen) atoms. The van der Waals surface area contributed by atoms with Gasteiger partial charge in [-0.1, -0.05) is 30.3 Å². The lowest BCUT2D eigenvalue weighted by Crippen LogP contribution is -2.47. The number of carbonyl (C=O) groups is 1. The Labute approximate surface area is 204 Å². The molecule has 2 unspecified atom stereocenters. The van der Waals surface area contributed by atoms with Crippen molar-refractivity contribution >= 4 is 5.78 Å². The molecule has 1 aromatic carbocycles. The van der Waals surface area contributed by atoms with Crippen LogP contribution in [0.15, 0.2) is 36.4 Å². The molecule has 1 spiro atoms. The quantitative estimate of drug-likeness (QED) is 0.453. The highest BCUT2D eigenvalue weighted by molar-refractivity contribution is 5.96. The number of ketones is 1. The Hall–Kier alpha value is -1.98. The number of carbonyl (C=O) groups excluding carboxylic acids is 1. The second-order valence-electron chi connectivity index (χ2n) is 11.7. The number of Topliss-reactive ketones (excluding diaryl/α,β-unsaturated/α-hetero) is 1. The summed E-state index contributed by atoms with van der Waals surface area (Å²) in [4.78, 5) is 13.7. The van der Waals surface area contributed by atoms with Gasteiger partial charge in [0.2, 0.25) is 0 Å². The fourth-order valence-electron chi connectivity index (χ4n) is 5.97. The number of ether oxygens (including phenoxy) is 2. The van der Waals surface area contributed by atoms with Crippen molar-refractivity contribution in [2.45, 2.75) is 108 Å². The van der Waals surface area contributed by atoms with Crippen molar-refractivity contribution in [3.8, 4) is 0 Å². The minimum atomic E-state index is -0.200. The first kappa shape index (κ1) is 23.7. The van der Waals surface area contributed by atoms with Crippen LogP contribution < -0.4 is 0 Å². The topological polar surface area (TPSA) is 53.4 Å². The third kappa shape index (κ3) is 4.87. The summed E-state index contributed by atoms with van der Waals surface area (Å²) in [6.07, 6.45) is 8.05. The molecule has 1 aliphatic heterocycles. The van der Waals surface area contributed by atoms with E-state index in [0.29, 0.717) is 5.92 Å². The molecule has 2 aromatic rings. The Morgan fingerprint density at radius 3 is 2.47 bits per heavy atom. The second-order valence-corrected chi connectivity index (χ2v) is 11.7. The Balaban J connectivity index is 1.32. The van der Waals surface area contributed by atoms with E-state index in [1.807, 2.05) is 4.68 Å². The molecule has 3 fully saturated rings. The van der Waals surface area contributed by atoms with E-state index in [4.69, 9.17) is 14.6 Å². The smallest absolute Gasteiger partial charge is 0.183 e. The molecule has 0 amide bonds. The van der Waals surface area contributed by atoms with Gasteiger partial charge in [0, 0.05) is 31.3 Å². The van der Waals surface area contributed by atoms with Gasteiger partial charge in [-0.05, 0) is 77.8 Å². The predicted molar refractivity (Wildman–Crippen MR) is 133 cm³/mol. The van der Waals surface area contributed by atoms with E-state index in [-0.39, 0.29) is 35.0 Å². The summed E-state index contributed by atoms with van der Waals surface area (Å²) in [6, 6.07) is 12.6. The lowest BCUT2D eigenvalue weighted by Gasteiger charge is -2.48. The predicted octanol–water partition coefficient (Wildman–Crippen LogP) is 6.58. The standard InChI is InChI=1S/C29H40N2O3/c1-5-33-23-17-26(21-9-7-6-8-10-21)34-29(19-23)15-13-22(14-16-29)27(32)25-18-24(20-11-12-20)30-31(25)28(2,3)4/h6-10,18,20,22-23,26H,5,11-17,19H2,1-4H3. The van der Waals surface area contributed by atoms with Gasteiger partial charge in [-0.25, -0.2) is 0 Å². The molecule has 184 valence electrons. The van der Waals surface area contributed by atoms with E-state index >= 15 is 0 Å².